The van der Waals surface area contributed by atoms with Crippen molar-refractivity contribution in [2.24, 2.45) is 0 Å². The van der Waals surface area contributed by atoms with E-state index in [0.29, 0.717) is 4.57 Å². The minimum absolute atomic E-state index is 0.714. The maximum atomic E-state index is 13.0. The molecule has 2 unspecified atom stereocenters. The summed E-state index contributed by atoms with van der Waals surface area (Å²) in [5.74, 6) is 0. The van der Waals surface area contributed by atoms with E-state index in [-0.39, 0.29) is 0 Å². The second kappa shape index (κ2) is 11.2. The number of rotatable bonds is 9. The minimum Gasteiger partial charge on any atom is -0.394 e. The lowest BCUT2D eigenvalue weighted by Gasteiger charge is -2.40. The summed E-state index contributed by atoms with van der Waals surface area (Å²) >= 11 is 0. The van der Waals surface area contributed by atoms with Crippen molar-refractivity contribution in [2.75, 3.05) is 13.2 Å². The van der Waals surface area contributed by atoms with Crippen LogP contribution in [0.3, 0.4) is 0 Å². The van der Waals surface area contributed by atoms with Gasteiger partial charge < -0.3 is 49.9 Å². The maximum absolute atomic E-state index is 13.0. The molecular formula is C15H24N2O17P2. The first-order valence-electron chi connectivity index (χ1n) is 9.99. The third kappa shape index (κ3) is 6.54. The van der Waals surface area contributed by atoms with Crippen LogP contribution in [0.1, 0.15) is 6.23 Å². The molecule has 2 aliphatic heterocycles. The number of aromatic amines is 1. The van der Waals surface area contributed by atoms with Gasteiger partial charge in [0, 0.05) is 12.3 Å². The van der Waals surface area contributed by atoms with Gasteiger partial charge in [-0.15, -0.1) is 0 Å². The van der Waals surface area contributed by atoms with E-state index in [9.17, 15) is 49.4 Å². The van der Waals surface area contributed by atoms with Crippen LogP contribution < -0.4 is 11.2 Å². The predicted molar refractivity (Wildman–Crippen MR) is 109 cm³/mol. The molecule has 21 heteroatoms. The molecule has 0 aromatic carbocycles. The van der Waals surface area contributed by atoms with Crippen LogP contribution in [0.2, 0.25) is 0 Å². The molecule has 1 aromatic rings. The van der Waals surface area contributed by atoms with Gasteiger partial charge in [0.05, 0.1) is 13.2 Å². The normalized spacial score (nSPS) is 37.1. The Morgan fingerprint density at radius 2 is 1.58 bits per heavy atom. The number of hydrogen-bond donors (Lipinski definition) is 9. The summed E-state index contributed by atoms with van der Waals surface area (Å²) in [5, 5.41) is 59.3. The smallest absolute Gasteiger partial charge is 0.394 e. The molecule has 0 aliphatic carbocycles. The Labute approximate surface area is 199 Å². The monoisotopic (exact) mass is 566 g/mol. The molecule has 0 spiro atoms. The van der Waals surface area contributed by atoms with E-state index in [0.717, 1.165) is 12.3 Å². The number of nitrogens with zero attached hydrogens (tertiary/aromatic N) is 1. The first kappa shape index (κ1) is 29.2. The van der Waals surface area contributed by atoms with Gasteiger partial charge in [0.1, 0.15) is 42.7 Å². The highest BCUT2D eigenvalue weighted by atomic mass is 31.3. The molecule has 206 valence electrons. The number of aliphatic hydroxyl groups excluding tert-OH is 6. The van der Waals surface area contributed by atoms with Crippen LogP contribution in [0, 0.1) is 0 Å². The molecule has 0 bridgehead atoms. The summed E-state index contributed by atoms with van der Waals surface area (Å²) in [4.78, 5) is 43.3. The largest absolute Gasteiger partial charge is 0.486 e. The minimum atomic E-state index is -5.63. The molecule has 0 radical (unpaired) electrons. The van der Waals surface area contributed by atoms with E-state index < -0.39 is 95.4 Å². The van der Waals surface area contributed by atoms with Gasteiger partial charge in [-0.05, 0) is 0 Å². The van der Waals surface area contributed by atoms with Gasteiger partial charge in [-0.1, -0.05) is 0 Å². The Hall–Kier alpha value is -1.38. The van der Waals surface area contributed by atoms with E-state index in [4.69, 9.17) is 28.3 Å². The van der Waals surface area contributed by atoms with Crippen molar-refractivity contribution in [3.05, 3.63) is 33.1 Å². The highest BCUT2D eigenvalue weighted by Gasteiger charge is 2.50. The Bertz CT molecular complexity index is 1120. The standard InChI is InChI=1S/C15H24N2O17P2/c18-3-5-8(20)10(22)12(24)14(32-5)33-36(29,34-35(26,27)28)30-4-6-9(21)11(23)13(31-6)17-2-1-7(19)16-15(17)25/h1-2,5-6,8-14,18,20-24H,3-4H2,(H,16,19,25)(H2,26,27,28)/t5-,6-,8+,9-,10+,11-,12-,13-,14?,36?/m1/s1. The van der Waals surface area contributed by atoms with Crippen molar-refractivity contribution in [2.45, 2.75) is 55.2 Å². The summed E-state index contributed by atoms with van der Waals surface area (Å²) in [6, 6.07) is 0.921. The molecule has 19 nitrogen and oxygen atoms in total. The van der Waals surface area contributed by atoms with E-state index in [2.05, 4.69) is 4.31 Å². The van der Waals surface area contributed by atoms with Crippen LogP contribution in [0.5, 0.6) is 0 Å². The number of aromatic nitrogens is 2. The molecule has 2 saturated heterocycles. The molecule has 1 aromatic heterocycles. The van der Waals surface area contributed by atoms with Crippen LogP contribution in [0.25, 0.3) is 0 Å². The van der Waals surface area contributed by atoms with Crippen LogP contribution in [-0.4, -0.2) is 112 Å². The second-order valence-electron chi connectivity index (χ2n) is 7.68. The molecular weight excluding hydrogens is 542 g/mol. The summed E-state index contributed by atoms with van der Waals surface area (Å²) in [7, 11) is -11.1. The molecule has 3 heterocycles. The fourth-order valence-electron chi connectivity index (χ4n) is 3.37. The Kier molecular flexibility index (Phi) is 9.05. The van der Waals surface area contributed by atoms with Gasteiger partial charge >= 0.3 is 21.3 Å². The van der Waals surface area contributed by atoms with Crippen molar-refractivity contribution in [1.82, 2.24) is 9.55 Å². The first-order chi connectivity index (χ1) is 16.7. The van der Waals surface area contributed by atoms with Crippen LogP contribution in [0.15, 0.2) is 21.9 Å². The van der Waals surface area contributed by atoms with Crippen LogP contribution in [0.4, 0.5) is 0 Å². The number of aliphatic hydroxyl groups is 6. The quantitative estimate of drug-likeness (QED) is 0.127. The molecule has 0 amide bonds. The average Bonchev–Trinajstić information content (AvgIpc) is 3.05. The lowest BCUT2D eigenvalue weighted by atomic mass is 10.00. The Balaban J connectivity index is 1.77. The third-order valence-corrected chi connectivity index (χ3v) is 7.73. The molecule has 2 fully saturated rings. The van der Waals surface area contributed by atoms with E-state index in [1.165, 1.54) is 0 Å². The van der Waals surface area contributed by atoms with Crippen molar-refractivity contribution >= 4 is 15.6 Å². The number of phosphoric acid groups is 2. The number of H-pyrrole nitrogens is 1. The predicted octanol–water partition coefficient (Wildman–Crippen LogP) is -4.79. The Morgan fingerprint density at radius 1 is 0.944 bits per heavy atom. The van der Waals surface area contributed by atoms with Gasteiger partial charge in [-0.2, -0.15) is 4.31 Å². The highest BCUT2D eigenvalue weighted by molar-refractivity contribution is 7.61. The van der Waals surface area contributed by atoms with Crippen molar-refractivity contribution in [3.63, 3.8) is 0 Å². The highest BCUT2D eigenvalue weighted by Crippen LogP contribution is 2.62. The van der Waals surface area contributed by atoms with Gasteiger partial charge in [-0.25, -0.2) is 13.9 Å². The first-order valence-corrected chi connectivity index (χ1v) is 13.0. The zero-order chi connectivity index (χ0) is 27.0. The van der Waals surface area contributed by atoms with Crippen molar-refractivity contribution < 1.29 is 72.4 Å². The third-order valence-electron chi connectivity index (χ3n) is 5.15. The van der Waals surface area contributed by atoms with Crippen LogP contribution >= 0.6 is 15.6 Å². The lowest BCUT2D eigenvalue weighted by Crippen LogP contribution is -2.59. The van der Waals surface area contributed by atoms with Crippen molar-refractivity contribution in [1.29, 1.82) is 0 Å². The molecule has 36 heavy (non-hydrogen) atoms. The van der Waals surface area contributed by atoms with Gasteiger partial charge in [0.25, 0.3) is 5.56 Å². The summed E-state index contributed by atoms with van der Waals surface area (Å²) in [6.45, 7) is -1.97. The second-order valence-corrected chi connectivity index (χ2v) is 10.7. The van der Waals surface area contributed by atoms with E-state index in [1.807, 2.05) is 4.98 Å². The molecule has 0 saturated carbocycles. The van der Waals surface area contributed by atoms with E-state index in [1.54, 1.807) is 0 Å². The molecule has 9 N–H and O–H groups in total. The summed E-state index contributed by atoms with van der Waals surface area (Å²) in [5.41, 5.74) is -1.77. The fraction of sp³-hybridized carbons (Fsp3) is 0.733. The summed E-state index contributed by atoms with van der Waals surface area (Å²) in [6.07, 6.45) is -15.6. The summed E-state index contributed by atoms with van der Waals surface area (Å²) < 4.78 is 48.9. The zero-order valence-electron chi connectivity index (χ0n) is 17.9. The zero-order valence-corrected chi connectivity index (χ0v) is 19.6. The number of ether oxygens (including phenoxy) is 2. The van der Waals surface area contributed by atoms with Gasteiger partial charge in [0.2, 0.25) is 0 Å². The van der Waals surface area contributed by atoms with Gasteiger partial charge in [-0.3, -0.25) is 23.4 Å². The number of phosphoric ester groups is 1. The fourth-order valence-corrected chi connectivity index (χ4v) is 5.58. The Morgan fingerprint density at radius 3 is 2.17 bits per heavy atom. The SMILES string of the molecule is O=c1ccn([C@@H]2O[C@H](COP(=O)(OC3O[C@H](CO)[C@H](O)[C@H](O)[C@H]3O)OP(=O)(O)O)[C@@H](O)[C@H]2O)c(=O)[nH]1. The van der Waals surface area contributed by atoms with Crippen LogP contribution in [-0.2, 0) is 32.0 Å². The lowest BCUT2D eigenvalue weighted by molar-refractivity contribution is -0.281. The van der Waals surface area contributed by atoms with Gasteiger partial charge in [0.15, 0.2) is 12.5 Å². The number of hydrogen-bond acceptors (Lipinski definition) is 15. The average molecular weight is 566 g/mol. The van der Waals surface area contributed by atoms with E-state index >= 15 is 0 Å². The molecule has 3 rings (SSSR count). The molecule has 10 atom stereocenters. The van der Waals surface area contributed by atoms with Crippen molar-refractivity contribution in [3.8, 4) is 0 Å². The number of nitrogens with one attached hydrogen (secondary N) is 1. The maximum Gasteiger partial charge on any atom is 0.486 e. The topological polar surface area (TPSA) is 297 Å². The molecule has 2 aliphatic rings.